The number of thioether (sulfide) groups is 1. The molecule has 1 aliphatic rings. The van der Waals surface area contributed by atoms with Crippen LogP contribution in [0, 0.1) is 11.7 Å². The predicted molar refractivity (Wildman–Crippen MR) is 107 cm³/mol. The van der Waals surface area contributed by atoms with Crippen LogP contribution in [-0.4, -0.2) is 42.1 Å². The lowest BCUT2D eigenvalue weighted by molar-refractivity contribution is -0.121. The molecule has 2 unspecified atom stereocenters. The number of nitrogens with one attached hydrogen (secondary N) is 1. The zero-order valence-corrected chi connectivity index (χ0v) is 17.5. The zero-order chi connectivity index (χ0) is 19.6. The van der Waals surface area contributed by atoms with Gasteiger partial charge in [0.05, 0.1) is 22.4 Å². The summed E-state index contributed by atoms with van der Waals surface area (Å²) in [5.74, 6) is -0.249. The minimum absolute atomic E-state index is 0.0141. The molecule has 1 aromatic carbocycles. The van der Waals surface area contributed by atoms with Crippen LogP contribution in [0.25, 0.3) is 11.3 Å². The number of nitrogens with zero attached hydrogens (tertiary/aromatic N) is 1. The second-order valence-electron chi connectivity index (χ2n) is 6.90. The van der Waals surface area contributed by atoms with Crippen LogP contribution in [0.15, 0.2) is 34.0 Å². The van der Waals surface area contributed by atoms with Gasteiger partial charge < -0.3 is 5.32 Å². The predicted octanol–water partition coefficient (Wildman–Crippen LogP) is 3.37. The smallest absolute Gasteiger partial charge is 0.234 e. The van der Waals surface area contributed by atoms with Crippen molar-refractivity contribution in [2.75, 3.05) is 11.5 Å². The number of carbonyl (C=O) groups excluding carboxylic acids is 1. The van der Waals surface area contributed by atoms with Gasteiger partial charge in [-0.25, -0.2) is 17.8 Å². The molecular formula is C18H21FN2O3S3. The van der Waals surface area contributed by atoms with Crippen molar-refractivity contribution in [2.45, 2.75) is 35.9 Å². The Morgan fingerprint density at radius 3 is 2.63 bits per heavy atom. The molecule has 2 aromatic rings. The monoisotopic (exact) mass is 428 g/mol. The van der Waals surface area contributed by atoms with E-state index < -0.39 is 9.84 Å². The molecule has 0 radical (unpaired) electrons. The third kappa shape index (κ3) is 5.30. The zero-order valence-electron chi connectivity index (χ0n) is 15.0. The third-order valence-electron chi connectivity index (χ3n) is 4.29. The van der Waals surface area contributed by atoms with Crippen molar-refractivity contribution in [1.82, 2.24) is 10.3 Å². The van der Waals surface area contributed by atoms with Crippen molar-refractivity contribution in [3.63, 3.8) is 0 Å². The number of amides is 1. The van der Waals surface area contributed by atoms with Crippen molar-refractivity contribution < 1.29 is 17.6 Å². The van der Waals surface area contributed by atoms with Gasteiger partial charge in [0.15, 0.2) is 14.2 Å². The highest BCUT2D eigenvalue weighted by Gasteiger charge is 2.32. The molecule has 27 heavy (non-hydrogen) atoms. The van der Waals surface area contributed by atoms with E-state index in [-0.39, 0.29) is 40.4 Å². The molecule has 5 nitrogen and oxygen atoms in total. The number of hydrogen-bond donors (Lipinski definition) is 1. The van der Waals surface area contributed by atoms with Gasteiger partial charge in [0, 0.05) is 17.0 Å². The van der Waals surface area contributed by atoms with Crippen LogP contribution < -0.4 is 5.32 Å². The molecule has 0 bridgehead atoms. The average Bonchev–Trinajstić information content (AvgIpc) is 3.19. The average molecular weight is 429 g/mol. The van der Waals surface area contributed by atoms with Crippen LogP contribution in [0.2, 0.25) is 0 Å². The van der Waals surface area contributed by atoms with Gasteiger partial charge in [-0.3, -0.25) is 4.79 Å². The topological polar surface area (TPSA) is 76.1 Å². The molecule has 3 rings (SSSR count). The summed E-state index contributed by atoms with van der Waals surface area (Å²) >= 11 is 2.82. The quantitative estimate of drug-likeness (QED) is 0.714. The van der Waals surface area contributed by atoms with Crippen LogP contribution in [0.3, 0.4) is 0 Å². The number of rotatable bonds is 6. The highest BCUT2D eigenvalue weighted by Crippen LogP contribution is 2.33. The molecule has 1 saturated heterocycles. The summed E-state index contributed by atoms with van der Waals surface area (Å²) in [6.07, 6.45) is 0.468. The second-order valence-corrected chi connectivity index (χ2v) is 11.4. The van der Waals surface area contributed by atoms with Crippen LogP contribution >= 0.6 is 23.1 Å². The first-order chi connectivity index (χ1) is 12.7. The number of hydrogen-bond acceptors (Lipinski definition) is 6. The van der Waals surface area contributed by atoms with Gasteiger partial charge in [-0.2, -0.15) is 0 Å². The number of halogens is 1. The van der Waals surface area contributed by atoms with E-state index in [4.69, 9.17) is 0 Å². The third-order valence-corrected chi connectivity index (χ3v) is 8.58. The van der Waals surface area contributed by atoms with E-state index in [1.165, 1.54) is 35.2 Å². The maximum absolute atomic E-state index is 13.1. The van der Waals surface area contributed by atoms with E-state index in [0.29, 0.717) is 6.42 Å². The SMILES string of the molecule is CC(C)C(Sc1nc(-c2ccc(F)cc2)cs1)C(=O)NC1CCS(=O)(=O)C1. The number of thiazole rings is 1. The molecular weight excluding hydrogens is 407 g/mol. The van der Waals surface area contributed by atoms with Crippen molar-refractivity contribution in [3.8, 4) is 11.3 Å². The van der Waals surface area contributed by atoms with E-state index in [1.54, 1.807) is 12.1 Å². The lowest BCUT2D eigenvalue weighted by Crippen LogP contribution is -2.42. The van der Waals surface area contributed by atoms with E-state index >= 15 is 0 Å². The number of aromatic nitrogens is 1. The molecule has 1 amide bonds. The minimum atomic E-state index is -3.03. The molecule has 2 atom stereocenters. The highest BCUT2D eigenvalue weighted by molar-refractivity contribution is 8.02. The van der Waals surface area contributed by atoms with Gasteiger partial charge in [0.1, 0.15) is 5.82 Å². The van der Waals surface area contributed by atoms with Crippen LogP contribution in [0.1, 0.15) is 20.3 Å². The summed E-state index contributed by atoms with van der Waals surface area (Å²) in [6, 6.07) is 5.82. The Hall–Kier alpha value is -1.45. The van der Waals surface area contributed by atoms with E-state index in [2.05, 4.69) is 10.3 Å². The normalized spacial score (nSPS) is 19.9. The summed E-state index contributed by atoms with van der Waals surface area (Å²) in [7, 11) is -3.03. The standard InChI is InChI=1S/C18H21FN2O3S3/c1-11(2)16(17(22)20-14-7-8-27(23,24)10-14)26-18-21-15(9-25-18)12-3-5-13(19)6-4-12/h3-6,9,11,14,16H,7-8,10H2,1-2H3,(H,20,22). The molecule has 0 saturated carbocycles. The van der Waals surface area contributed by atoms with E-state index in [9.17, 15) is 17.6 Å². The van der Waals surface area contributed by atoms with Crippen LogP contribution in [0.5, 0.6) is 0 Å². The Morgan fingerprint density at radius 1 is 1.33 bits per heavy atom. The fourth-order valence-corrected chi connectivity index (χ4v) is 6.58. The number of carbonyl (C=O) groups is 1. The first kappa shape index (κ1) is 20.3. The fourth-order valence-electron chi connectivity index (χ4n) is 2.86. The first-order valence-corrected chi connectivity index (χ1v) is 12.2. The fraction of sp³-hybridized carbons (Fsp3) is 0.444. The first-order valence-electron chi connectivity index (χ1n) is 8.62. The summed E-state index contributed by atoms with van der Waals surface area (Å²) in [5.41, 5.74) is 1.56. The van der Waals surface area contributed by atoms with Crippen LogP contribution in [0.4, 0.5) is 4.39 Å². The van der Waals surface area contributed by atoms with Gasteiger partial charge in [-0.05, 0) is 36.6 Å². The molecule has 9 heteroatoms. The van der Waals surface area contributed by atoms with Crippen molar-refractivity contribution in [2.24, 2.45) is 5.92 Å². The van der Waals surface area contributed by atoms with Crippen LogP contribution in [-0.2, 0) is 14.6 Å². The summed E-state index contributed by atoms with van der Waals surface area (Å²) in [5, 5.41) is 4.40. The van der Waals surface area contributed by atoms with Gasteiger partial charge in [-0.15, -0.1) is 11.3 Å². The molecule has 1 fully saturated rings. The summed E-state index contributed by atoms with van der Waals surface area (Å²) < 4.78 is 37.0. The van der Waals surface area contributed by atoms with Gasteiger partial charge in [-0.1, -0.05) is 25.6 Å². The second kappa shape index (κ2) is 8.28. The Bertz CT molecular complexity index is 910. The maximum Gasteiger partial charge on any atom is 0.234 e. The Balaban J connectivity index is 1.67. The number of sulfone groups is 1. The minimum Gasteiger partial charge on any atom is -0.351 e. The molecule has 0 spiro atoms. The molecule has 0 aliphatic carbocycles. The largest absolute Gasteiger partial charge is 0.351 e. The molecule has 1 N–H and O–H groups in total. The molecule has 1 aromatic heterocycles. The Labute approximate surface area is 166 Å². The van der Waals surface area contributed by atoms with E-state index in [1.807, 2.05) is 19.2 Å². The Kier molecular flexibility index (Phi) is 6.22. The lowest BCUT2D eigenvalue weighted by Gasteiger charge is -2.21. The summed E-state index contributed by atoms with van der Waals surface area (Å²) in [4.78, 5) is 17.2. The van der Waals surface area contributed by atoms with Gasteiger partial charge in [0.2, 0.25) is 5.91 Å². The van der Waals surface area contributed by atoms with Gasteiger partial charge in [0.25, 0.3) is 0 Å². The molecule has 146 valence electrons. The molecule has 1 aliphatic heterocycles. The maximum atomic E-state index is 13.1. The van der Waals surface area contributed by atoms with Crippen molar-refractivity contribution >= 4 is 38.8 Å². The van der Waals surface area contributed by atoms with Gasteiger partial charge >= 0.3 is 0 Å². The van der Waals surface area contributed by atoms with E-state index in [0.717, 1.165) is 15.6 Å². The van der Waals surface area contributed by atoms with Crippen molar-refractivity contribution in [3.05, 3.63) is 35.5 Å². The molecule has 2 heterocycles. The summed E-state index contributed by atoms with van der Waals surface area (Å²) in [6.45, 7) is 3.91. The van der Waals surface area contributed by atoms with Crippen molar-refractivity contribution in [1.29, 1.82) is 0 Å². The lowest BCUT2D eigenvalue weighted by atomic mass is 10.1. The number of benzene rings is 1. The Morgan fingerprint density at radius 2 is 2.04 bits per heavy atom. The highest BCUT2D eigenvalue weighted by atomic mass is 32.2.